The molecule has 0 saturated carbocycles. The molecule has 1 aromatic heterocycles. The second kappa shape index (κ2) is 10.0. The molecule has 0 atom stereocenters. The van der Waals surface area contributed by atoms with Gasteiger partial charge in [-0.1, -0.05) is 12.1 Å². The number of nitrogens with one attached hydrogen (secondary N) is 1. The van der Waals surface area contributed by atoms with Crippen LogP contribution in [-0.4, -0.2) is 18.2 Å². The molecule has 0 saturated heterocycles. The summed E-state index contributed by atoms with van der Waals surface area (Å²) in [5.74, 6) is 1.60. The molecule has 0 aliphatic rings. The third-order valence-electron chi connectivity index (χ3n) is 2.97. The third-order valence-corrected chi connectivity index (χ3v) is 2.97. The molecule has 0 radical (unpaired) electrons. The van der Waals surface area contributed by atoms with Gasteiger partial charge in [0.25, 0.3) is 0 Å². The number of rotatable bonds is 8. The van der Waals surface area contributed by atoms with Gasteiger partial charge in [0, 0.05) is 19.3 Å². The van der Waals surface area contributed by atoms with E-state index >= 15 is 0 Å². The first-order valence-corrected chi connectivity index (χ1v) is 7.32. The first-order valence-electron chi connectivity index (χ1n) is 7.32. The average molecular weight is 323 g/mol. The molecule has 0 aliphatic carbocycles. The number of benzene rings is 1. The van der Waals surface area contributed by atoms with Gasteiger partial charge in [-0.3, -0.25) is 4.98 Å². The highest BCUT2D eigenvalue weighted by Gasteiger charge is 2.06. The summed E-state index contributed by atoms with van der Waals surface area (Å²) < 4.78 is 11.2. The minimum Gasteiger partial charge on any atom is -0.490 e. The van der Waals surface area contributed by atoms with Crippen molar-refractivity contribution in [2.75, 3.05) is 13.2 Å². The smallest absolute Gasteiger partial charge is 0.161 e. The predicted molar refractivity (Wildman–Crippen MR) is 90.8 cm³/mol. The van der Waals surface area contributed by atoms with Crippen LogP contribution in [0, 0.1) is 0 Å². The molecule has 0 spiro atoms. The van der Waals surface area contributed by atoms with Crippen LogP contribution in [0.1, 0.15) is 25.1 Å². The van der Waals surface area contributed by atoms with E-state index in [0.717, 1.165) is 35.8 Å². The molecule has 0 fully saturated rings. The molecule has 2 aromatic rings. The maximum Gasteiger partial charge on any atom is 0.161 e. The molecule has 2 rings (SSSR count). The fraction of sp³-hybridized carbons (Fsp3) is 0.353. The van der Waals surface area contributed by atoms with Gasteiger partial charge in [0.2, 0.25) is 0 Å². The van der Waals surface area contributed by atoms with E-state index in [1.807, 2.05) is 44.2 Å². The molecule has 22 heavy (non-hydrogen) atoms. The monoisotopic (exact) mass is 322 g/mol. The standard InChI is InChI=1S/C17H22N2O2.ClH/c1-3-20-16-9-8-14(11-17(16)21-4-2)12-18-13-15-7-5-6-10-19-15;/h5-11,18H,3-4,12-13H2,1-2H3;1H. The van der Waals surface area contributed by atoms with Gasteiger partial charge in [-0.15, -0.1) is 12.4 Å². The van der Waals surface area contributed by atoms with E-state index < -0.39 is 0 Å². The molecular formula is C17H23ClN2O2. The topological polar surface area (TPSA) is 43.4 Å². The van der Waals surface area contributed by atoms with Crippen LogP contribution in [0.5, 0.6) is 11.5 Å². The molecule has 5 heteroatoms. The Morgan fingerprint density at radius 1 is 0.955 bits per heavy atom. The fourth-order valence-electron chi connectivity index (χ4n) is 2.04. The molecule has 4 nitrogen and oxygen atoms in total. The van der Waals surface area contributed by atoms with Crippen LogP contribution in [0.15, 0.2) is 42.6 Å². The molecule has 1 heterocycles. The SMILES string of the molecule is CCOc1ccc(CNCc2ccccn2)cc1OCC.Cl. The number of ether oxygens (including phenoxy) is 2. The summed E-state index contributed by atoms with van der Waals surface area (Å²) in [6.45, 7) is 6.73. The summed E-state index contributed by atoms with van der Waals surface area (Å²) in [6, 6.07) is 12.0. The Balaban J connectivity index is 0.00000242. The Hall–Kier alpha value is -1.78. The van der Waals surface area contributed by atoms with Crippen LogP contribution in [0.25, 0.3) is 0 Å². The first kappa shape index (κ1) is 18.3. The number of hydrogen-bond donors (Lipinski definition) is 1. The lowest BCUT2D eigenvalue weighted by molar-refractivity contribution is 0.287. The van der Waals surface area contributed by atoms with Crippen LogP contribution >= 0.6 is 12.4 Å². The van der Waals surface area contributed by atoms with E-state index in [9.17, 15) is 0 Å². The molecule has 0 amide bonds. The summed E-state index contributed by atoms with van der Waals surface area (Å²) in [5.41, 5.74) is 2.20. The summed E-state index contributed by atoms with van der Waals surface area (Å²) in [4.78, 5) is 4.29. The summed E-state index contributed by atoms with van der Waals surface area (Å²) in [7, 11) is 0. The van der Waals surface area contributed by atoms with E-state index in [1.165, 1.54) is 0 Å². The minimum atomic E-state index is 0. The summed E-state index contributed by atoms with van der Waals surface area (Å²) in [6.07, 6.45) is 1.81. The van der Waals surface area contributed by atoms with E-state index in [2.05, 4.69) is 16.4 Å². The van der Waals surface area contributed by atoms with Crippen molar-refractivity contribution in [2.45, 2.75) is 26.9 Å². The van der Waals surface area contributed by atoms with Crippen LogP contribution in [0.3, 0.4) is 0 Å². The van der Waals surface area contributed by atoms with Crippen LogP contribution in [0.4, 0.5) is 0 Å². The van der Waals surface area contributed by atoms with Gasteiger partial charge < -0.3 is 14.8 Å². The Morgan fingerprint density at radius 3 is 2.41 bits per heavy atom. The van der Waals surface area contributed by atoms with Gasteiger partial charge in [-0.25, -0.2) is 0 Å². The van der Waals surface area contributed by atoms with Gasteiger partial charge >= 0.3 is 0 Å². The van der Waals surface area contributed by atoms with Crippen molar-refractivity contribution in [3.8, 4) is 11.5 Å². The number of nitrogens with zero attached hydrogens (tertiary/aromatic N) is 1. The number of pyridine rings is 1. The second-order valence-corrected chi connectivity index (χ2v) is 4.57. The van der Waals surface area contributed by atoms with E-state index in [4.69, 9.17) is 9.47 Å². The largest absolute Gasteiger partial charge is 0.490 e. The minimum absolute atomic E-state index is 0. The fourth-order valence-corrected chi connectivity index (χ4v) is 2.04. The molecular weight excluding hydrogens is 300 g/mol. The molecule has 0 unspecified atom stereocenters. The van der Waals surface area contributed by atoms with Crippen molar-refractivity contribution in [3.63, 3.8) is 0 Å². The maximum absolute atomic E-state index is 5.63. The summed E-state index contributed by atoms with van der Waals surface area (Å²) in [5, 5.41) is 3.38. The van der Waals surface area contributed by atoms with Crippen molar-refractivity contribution in [3.05, 3.63) is 53.9 Å². The Labute approximate surface area is 138 Å². The second-order valence-electron chi connectivity index (χ2n) is 4.57. The van der Waals surface area contributed by atoms with Crippen molar-refractivity contribution in [1.29, 1.82) is 0 Å². The van der Waals surface area contributed by atoms with Crippen molar-refractivity contribution in [1.82, 2.24) is 10.3 Å². The normalized spacial score (nSPS) is 9.91. The zero-order valence-corrected chi connectivity index (χ0v) is 13.9. The molecule has 120 valence electrons. The highest BCUT2D eigenvalue weighted by Crippen LogP contribution is 2.28. The van der Waals surface area contributed by atoms with Gasteiger partial charge in [-0.05, 0) is 43.7 Å². The lowest BCUT2D eigenvalue weighted by atomic mass is 10.2. The summed E-state index contributed by atoms with van der Waals surface area (Å²) >= 11 is 0. The Morgan fingerprint density at radius 2 is 1.73 bits per heavy atom. The maximum atomic E-state index is 5.63. The van der Waals surface area contributed by atoms with Gasteiger partial charge in [0.05, 0.1) is 18.9 Å². The van der Waals surface area contributed by atoms with E-state index in [0.29, 0.717) is 13.2 Å². The molecule has 1 N–H and O–H groups in total. The zero-order chi connectivity index (χ0) is 14.9. The van der Waals surface area contributed by atoms with Gasteiger partial charge in [0.15, 0.2) is 11.5 Å². The number of aromatic nitrogens is 1. The Bertz CT molecular complexity index is 550. The quantitative estimate of drug-likeness (QED) is 0.806. The zero-order valence-electron chi connectivity index (χ0n) is 13.0. The van der Waals surface area contributed by atoms with Crippen molar-refractivity contribution >= 4 is 12.4 Å². The molecule has 0 aliphatic heterocycles. The molecule has 1 aromatic carbocycles. The lowest BCUT2D eigenvalue weighted by Gasteiger charge is -2.12. The van der Waals surface area contributed by atoms with Crippen molar-refractivity contribution < 1.29 is 9.47 Å². The van der Waals surface area contributed by atoms with E-state index in [1.54, 1.807) is 6.20 Å². The third kappa shape index (κ3) is 5.54. The van der Waals surface area contributed by atoms with Crippen LogP contribution < -0.4 is 14.8 Å². The lowest BCUT2D eigenvalue weighted by Crippen LogP contribution is -2.13. The predicted octanol–water partition coefficient (Wildman–Crippen LogP) is 3.59. The number of halogens is 1. The van der Waals surface area contributed by atoms with Gasteiger partial charge in [-0.2, -0.15) is 0 Å². The molecule has 0 bridgehead atoms. The highest BCUT2D eigenvalue weighted by atomic mass is 35.5. The van der Waals surface area contributed by atoms with Crippen LogP contribution in [-0.2, 0) is 13.1 Å². The first-order chi connectivity index (χ1) is 10.3. The van der Waals surface area contributed by atoms with E-state index in [-0.39, 0.29) is 12.4 Å². The number of hydrogen-bond acceptors (Lipinski definition) is 4. The van der Waals surface area contributed by atoms with Gasteiger partial charge in [0.1, 0.15) is 0 Å². The Kier molecular flexibility index (Phi) is 8.33. The van der Waals surface area contributed by atoms with Crippen molar-refractivity contribution in [2.24, 2.45) is 0 Å². The van der Waals surface area contributed by atoms with Crippen LogP contribution in [0.2, 0.25) is 0 Å². The average Bonchev–Trinajstić information content (AvgIpc) is 2.51. The highest BCUT2D eigenvalue weighted by molar-refractivity contribution is 5.85.